The highest BCUT2D eigenvalue weighted by Gasteiger charge is 2.35. The Morgan fingerprint density at radius 3 is 2.50 bits per heavy atom. The SMILES string of the molecule is COc1cccc(-c2nnc(CS(=O)(=O)[C@@H](C)[C@H](OC)c3ncc(Cl)cn3)n2[C@@H](C)c2ccon2)n1. The zero-order chi connectivity index (χ0) is 25.9. The molecule has 4 aromatic rings. The van der Waals surface area contributed by atoms with Crippen LogP contribution in [-0.4, -0.2) is 62.8 Å². The summed E-state index contributed by atoms with van der Waals surface area (Å²) in [6, 6.07) is 6.42. The van der Waals surface area contributed by atoms with Crippen LogP contribution >= 0.6 is 11.6 Å². The van der Waals surface area contributed by atoms with Crippen molar-refractivity contribution in [3.63, 3.8) is 0 Å². The first kappa shape index (κ1) is 25.7. The van der Waals surface area contributed by atoms with Crippen molar-refractivity contribution in [3.05, 3.63) is 65.3 Å². The molecule has 190 valence electrons. The van der Waals surface area contributed by atoms with Crippen LogP contribution in [0.15, 0.2) is 47.4 Å². The predicted molar refractivity (Wildman–Crippen MR) is 129 cm³/mol. The number of aromatic nitrogens is 7. The van der Waals surface area contributed by atoms with Gasteiger partial charge in [0.15, 0.2) is 21.5 Å². The fraction of sp³-hybridized carbons (Fsp3) is 0.364. The van der Waals surface area contributed by atoms with Crippen molar-refractivity contribution >= 4 is 21.4 Å². The van der Waals surface area contributed by atoms with Crippen LogP contribution in [0.3, 0.4) is 0 Å². The quantitative estimate of drug-likeness (QED) is 0.296. The molecule has 0 aliphatic carbocycles. The molecule has 0 unspecified atom stereocenters. The van der Waals surface area contributed by atoms with E-state index >= 15 is 0 Å². The van der Waals surface area contributed by atoms with Crippen LogP contribution in [0.4, 0.5) is 0 Å². The minimum atomic E-state index is -3.84. The van der Waals surface area contributed by atoms with E-state index in [0.29, 0.717) is 28.1 Å². The Labute approximate surface area is 212 Å². The van der Waals surface area contributed by atoms with Crippen LogP contribution in [0.5, 0.6) is 5.88 Å². The van der Waals surface area contributed by atoms with Gasteiger partial charge in [-0.1, -0.05) is 22.8 Å². The minimum absolute atomic E-state index is 0.198. The van der Waals surface area contributed by atoms with Gasteiger partial charge in [-0.05, 0) is 19.9 Å². The first-order valence-electron chi connectivity index (χ1n) is 10.8. The van der Waals surface area contributed by atoms with E-state index in [1.54, 1.807) is 28.8 Å². The second-order valence-electron chi connectivity index (χ2n) is 7.90. The maximum Gasteiger partial charge on any atom is 0.213 e. The molecule has 4 heterocycles. The lowest BCUT2D eigenvalue weighted by Gasteiger charge is -2.22. The zero-order valence-corrected chi connectivity index (χ0v) is 21.5. The topological polar surface area (TPSA) is 148 Å². The van der Waals surface area contributed by atoms with Crippen molar-refractivity contribution in [2.45, 2.75) is 37.0 Å². The number of ether oxygens (including phenoxy) is 2. The summed E-state index contributed by atoms with van der Waals surface area (Å²) in [6.07, 6.45) is 3.29. The van der Waals surface area contributed by atoms with E-state index in [4.69, 9.17) is 25.6 Å². The second kappa shape index (κ2) is 10.7. The summed E-state index contributed by atoms with van der Waals surface area (Å²) in [5.74, 6) is 0.706. The van der Waals surface area contributed by atoms with Gasteiger partial charge in [-0.3, -0.25) is 4.57 Å². The molecular weight excluding hydrogens is 510 g/mol. The summed E-state index contributed by atoms with van der Waals surface area (Å²) in [4.78, 5) is 12.7. The molecule has 0 spiro atoms. The maximum absolute atomic E-state index is 13.5. The monoisotopic (exact) mass is 533 g/mol. The average molecular weight is 534 g/mol. The maximum atomic E-state index is 13.5. The number of methoxy groups -OCH3 is 2. The van der Waals surface area contributed by atoms with Crippen molar-refractivity contribution in [2.24, 2.45) is 0 Å². The second-order valence-corrected chi connectivity index (χ2v) is 10.7. The molecule has 0 N–H and O–H groups in total. The molecule has 36 heavy (non-hydrogen) atoms. The largest absolute Gasteiger partial charge is 0.481 e. The molecule has 4 aromatic heterocycles. The van der Waals surface area contributed by atoms with Crippen LogP contribution in [0.2, 0.25) is 5.02 Å². The highest BCUT2D eigenvalue weighted by molar-refractivity contribution is 7.91. The van der Waals surface area contributed by atoms with Gasteiger partial charge in [0.2, 0.25) is 5.88 Å². The molecule has 12 nitrogen and oxygen atoms in total. The minimum Gasteiger partial charge on any atom is -0.481 e. The summed E-state index contributed by atoms with van der Waals surface area (Å²) < 4.78 is 44.4. The number of halogens is 1. The van der Waals surface area contributed by atoms with Gasteiger partial charge in [0.25, 0.3) is 0 Å². The van der Waals surface area contributed by atoms with Gasteiger partial charge in [-0.2, -0.15) is 0 Å². The van der Waals surface area contributed by atoms with E-state index in [9.17, 15) is 8.42 Å². The van der Waals surface area contributed by atoms with E-state index in [-0.39, 0.29) is 11.6 Å². The molecule has 4 rings (SSSR count). The van der Waals surface area contributed by atoms with E-state index in [1.807, 2.05) is 6.92 Å². The molecule has 0 aliphatic rings. The number of hydrogen-bond acceptors (Lipinski definition) is 11. The standard InChI is InChI=1S/C22H24ClN7O5S/c1-13(16-8-9-35-29-16)30-18(27-28-22(30)17-6-5-7-19(26-17)33-3)12-36(31,32)14(2)20(34-4)21-24-10-15(23)11-25-21/h5-11,13-14,20H,12H2,1-4H3/t13-,14-,20-/m0/s1. The molecular formula is C22H24ClN7O5S. The molecule has 0 saturated heterocycles. The number of sulfone groups is 1. The third-order valence-corrected chi connectivity index (χ3v) is 7.91. The van der Waals surface area contributed by atoms with Crippen LogP contribution in [0.25, 0.3) is 11.5 Å². The van der Waals surface area contributed by atoms with Gasteiger partial charge >= 0.3 is 0 Å². The van der Waals surface area contributed by atoms with Gasteiger partial charge < -0.3 is 14.0 Å². The number of rotatable bonds is 10. The molecule has 0 saturated carbocycles. The Hall–Kier alpha value is -3.42. The lowest BCUT2D eigenvalue weighted by atomic mass is 10.2. The molecule has 0 radical (unpaired) electrons. The molecule has 0 amide bonds. The third-order valence-electron chi connectivity index (χ3n) is 5.67. The lowest BCUT2D eigenvalue weighted by molar-refractivity contribution is 0.0948. The van der Waals surface area contributed by atoms with Crippen molar-refractivity contribution in [1.82, 2.24) is 34.9 Å². The first-order chi connectivity index (χ1) is 17.2. The molecule has 0 fully saturated rings. The van der Waals surface area contributed by atoms with E-state index in [2.05, 4.69) is 30.3 Å². The van der Waals surface area contributed by atoms with Crippen LogP contribution in [0.1, 0.15) is 43.3 Å². The number of hydrogen-bond donors (Lipinski definition) is 0. The van der Waals surface area contributed by atoms with Gasteiger partial charge in [0.1, 0.15) is 35.3 Å². The Morgan fingerprint density at radius 2 is 1.86 bits per heavy atom. The highest BCUT2D eigenvalue weighted by atomic mass is 35.5. The number of nitrogens with zero attached hydrogens (tertiary/aromatic N) is 7. The van der Waals surface area contributed by atoms with Crippen LogP contribution < -0.4 is 4.74 Å². The van der Waals surface area contributed by atoms with E-state index in [0.717, 1.165) is 0 Å². The average Bonchev–Trinajstić information content (AvgIpc) is 3.55. The van der Waals surface area contributed by atoms with Crippen LogP contribution in [0, 0.1) is 0 Å². The molecule has 3 atom stereocenters. The first-order valence-corrected chi connectivity index (χ1v) is 12.9. The number of pyridine rings is 1. The molecule has 0 aromatic carbocycles. The Balaban J connectivity index is 1.73. The van der Waals surface area contributed by atoms with Crippen molar-refractivity contribution < 1.29 is 22.4 Å². The predicted octanol–water partition coefficient (Wildman–Crippen LogP) is 3.08. The fourth-order valence-corrected chi connectivity index (χ4v) is 5.23. The molecule has 0 bridgehead atoms. The smallest absolute Gasteiger partial charge is 0.213 e. The summed E-state index contributed by atoms with van der Waals surface area (Å²) in [7, 11) is -0.936. The van der Waals surface area contributed by atoms with Gasteiger partial charge in [0.05, 0.1) is 23.4 Å². The van der Waals surface area contributed by atoms with E-state index < -0.39 is 33.0 Å². The highest BCUT2D eigenvalue weighted by Crippen LogP contribution is 2.30. The zero-order valence-electron chi connectivity index (χ0n) is 19.9. The van der Waals surface area contributed by atoms with Crippen molar-refractivity contribution in [3.8, 4) is 17.4 Å². The van der Waals surface area contributed by atoms with Gasteiger partial charge in [-0.15, -0.1) is 10.2 Å². The summed E-state index contributed by atoms with van der Waals surface area (Å²) in [5.41, 5.74) is 1.02. The van der Waals surface area contributed by atoms with E-state index in [1.165, 1.54) is 39.8 Å². The summed E-state index contributed by atoms with van der Waals surface area (Å²) >= 11 is 5.87. The Morgan fingerprint density at radius 1 is 1.11 bits per heavy atom. The third kappa shape index (κ3) is 5.22. The van der Waals surface area contributed by atoms with Gasteiger partial charge in [0, 0.05) is 31.6 Å². The summed E-state index contributed by atoms with van der Waals surface area (Å²) in [6.45, 7) is 3.37. The fourth-order valence-electron chi connectivity index (χ4n) is 3.70. The van der Waals surface area contributed by atoms with Crippen molar-refractivity contribution in [1.29, 1.82) is 0 Å². The normalized spacial score (nSPS) is 14.4. The summed E-state index contributed by atoms with van der Waals surface area (Å²) in [5, 5.41) is 11.8. The molecule has 0 aliphatic heterocycles. The Kier molecular flexibility index (Phi) is 7.62. The van der Waals surface area contributed by atoms with Crippen LogP contribution in [-0.2, 0) is 20.3 Å². The van der Waals surface area contributed by atoms with Crippen molar-refractivity contribution in [2.75, 3.05) is 14.2 Å². The molecule has 14 heteroatoms. The van der Waals surface area contributed by atoms with Gasteiger partial charge in [-0.25, -0.2) is 23.4 Å². The Bertz CT molecular complexity index is 1410. The lowest BCUT2D eigenvalue weighted by Crippen LogP contribution is -2.30.